The van der Waals surface area contributed by atoms with Crippen LogP contribution in [-0.2, 0) is 4.74 Å². The van der Waals surface area contributed by atoms with Gasteiger partial charge >= 0.3 is 0 Å². The smallest absolute Gasteiger partial charge is 0.193 e. The van der Waals surface area contributed by atoms with Crippen LogP contribution in [0, 0.1) is 6.92 Å². The second kappa shape index (κ2) is 7.05. The lowest BCUT2D eigenvalue weighted by Crippen LogP contribution is -2.36. The van der Waals surface area contributed by atoms with Gasteiger partial charge in [-0.25, -0.2) is 4.98 Å². The molecular formula is C22H20N4O2. The van der Waals surface area contributed by atoms with Crippen LogP contribution in [0.3, 0.4) is 0 Å². The van der Waals surface area contributed by atoms with E-state index in [0.717, 1.165) is 59.9 Å². The van der Waals surface area contributed by atoms with Crippen molar-refractivity contribution in [2.75, 3.05) is 31.2 Å². The molecule has 4 aromatic rings. The fourth-order valence-corrected chi connectivity index (χ4v) is 3.58. The Labute approximate surface area is 162 Å². The zero-order chi connectivity index (χ0) is 18.9. The van der Waals surface area contributed by atoms with Crippen molar-refractivity contribution in [2.24, 2.45) is 0 Å². The van der Waals surface area contributed by atoms with E-state index >= 15 is 0 Å². The Kier molecular flexibility index (Phi) is 4.25. The number of morpholine rings is 1. The minimum atomic E-state index is 0.712. The highest BCUT2D eigenvalue weighted by Gasteiger charge is 2.17. The summed E-state index contributed by atoms with van der Waals surface area (Å²) in [5, 5.41) is 4.13. The summed E-state index contributed by atoms with van der Waals surface area (Å²) in [5.41, 5.74) is 7.38. The standard InChI is InChI=1S/C22H20N4O2/c1-15-21-22(28-25-15)19(13-20(24-21)17-3-2-8-23-14-17)16-4-6-18(7-5-16)26-9-11-27-12-10-26/h2-8,13-14H,9-12H2,1H3. The van der Waals surface area contributed by atoms with Gasteiger partial charge in [0.25, 0.3) is 0 Å². The molecule has 0 atom stereocenters. The predicted octanol–water partition coefficient (Wildman–Crippen LogP) is 4.10. The van der Waals surface area contributed by atoms with Crippen LogP contribution in [0.1, 0.15) is 5.69 Å². The van der Waals surface area contributed by atoms with E-state index in [2.05, 4.69) is 39.3 Å². The molecule has 0 unspecified atom stereocenters. The van der Waals surface area contributed by atoms with Gasteiger partial charge in [-0.05, 0) is 42.8 Å². The molecule has 28 heavy (non-hydrogen) atoms. The van der Waals surface area contributed by atoms with Crippen LogP contribution in [-0.4, -0.2) is 41.4 Å². The number of ether oxygens (including phenoxy) is 1. The van der Waals surface area contributed by atoms with E-state index < -0.39 is 0 Å². The summed E-state index contributed by atoms with van der Waals surface area (Å²) >= 11 is 0. The molecule has 0 amide bonds. The second-order valence-corrected chi connectivity index (χ2v) is 6.89. The first kappa shape index (κ1) is 16.9. The highest BCUT2D eigenvalue weighted by Crippen LogP contribution is 2.34. The Bertz CT molecular complexity index is 1100. The molecule has 6 nitrogen and oxygen atoms in total. The SMILES string of the molecule is Cc1noc2c(-c3ccc(N4CCOCC4)cc3)cc(-c3cccnc3)nc12. The maximum Gasteiger partial charge on any atom is 0.193 e. The molecule has 0 spiro atoms. The van der Waals surface area contributed by atoms with Crippen LogP contribution >= 0.6 is 0 Å². The monoisotopic (exact) mass is 372 g/mol. The Morgan fingerprint density at radius 2 is 1.82 bits per heavy atom. The van der Waals surface area contributed by atoms with Gasteiger partial charge in [-0.15, -0.1) is 0 Å². The van der Waals surface area contributed by atoms with Crippen molar-refractivity contribution in [1.29, 1.82) is 0 Å². The van der Waals surface area contributed by atoms with E-state index in [0.29, 0.717) is 5.58 Å². The third-order valence-electron chi connectivity index (χ3n) is 5.10. The van der Waals surface area contributed by atoms with E-state index in [-0.39, 0.29) is 0 Å². The lowest BCUT2D eigenvalue weighted by molar-refractivity contribution is 0.122. The first-order valence-electron chi connectivity index (χ1n) is 9.40. The van der Waals surface area contributed by atoms with Crippen LogP contribution in [0.2, 0.25) is 0 Å². The topological polar surface area (TPSA) is 64.3 Å². The van der Waals surface area contributed by atoms with Crippen LogP contribution in [0.25, 0.3) is 33.5 Å². The molecule has 140 valence electrons. The van der Waals surface area contributed by atoms with Gasteiger partial charge < -0.3 is 14.2 Å². The molecule has 6 heteroatoms. The van der Waals surface area contributed by atoms with E-state index in [1.807, 2.05) is 31.3 Å². The van der Waals surface area contributed by atoms with Crippen molar-refractivity contribution in [3.8, 4) is 22.4 Å². The minimum absolute atomic E-state index is 0.712. The largest absolute Gasteiger partial charge is 0.378 e. The minimum Gasteiger partial charge on any atom is -0.378 e. The molecule has 1 aromatic carbocycles. The summed E-state index contributed by atoms with van der Waals surface area (Å²) in [6, 6.07) is 14.5. The van der Waals surface area contributed by atoms with E-state index in [1.54, 1.807) is 6.20 Å². The quantitative estimate of drug-likeness (QED) is 0.540. The molecule has 0 N–H and O–H groups in total. The lowest BCUT2D eigenvalue weighted by atomic mass is 10.0. The highest BCUT2D eigenvalue weighted by atomic mass is 16.5. The van der Waals surface area contributed by atoms with Gasteiger partial charge in [0.2, 0.25) is 0 Å². The molecule has 1 saturated heterocycles. The molecule has 3 aromatic heterocycles. The van der Waals surface area contributed by atoms with Gasteiger partial charge in [0.1, 0.15) is 11.2 Å². The molecule has 1 aliphatic heterocycles. The van der Waals surface area contributed by atoms with Gasteiger partial charge in [-0.2, -0.15) is 0 Å². The number of nitrogens with zero attached hydrogens (tertiary/aromatic N) is 4. The average Bonchev–Trinajstić information content (AvgIpc) is 3.15. The van der Waals surface area contributed by atoms with Crippen LogP contribution in [0.15, 0.2) is 59.4 Å². The number of aryl methyl sites for hydroxylation is 1. The summed E-state index contributed by atoms with van der Waals surface area (Å²) in [6.45, 7) is 5.31. The van der Waals surface area contributed by atoms with Crippen molar-refractivity contribution >= 4 is 16.8 Å². The molecule has 4 heterocycles. The third kappa shape index (κ3) is 3.01. The predicted molar refractivity (Wildman–Crippen MR) is 108 cm³/mol. The lowest BCUT2D eigenvalue weighted by Gasteiger charge is -2.28. The first-order valence-corrected chi connectivity index (χ1v) is 9.40. The zero-order valence-electron chi connectivity index (χ0n) is 15.6. The van der Waals surface area contributed by atoms with Crippen molar-refractivity contribution in [3.63, 3.8) is 0 Å². The number of anilines is 1. The van der Waals surface area contributed by atoms with Crippen molar-refractivity contribution < 1.29 is 9.26 Å². The molecule has 0 bridgehead atoms. The van der Waals surface area contributed by atoms with E-state index in [1.165, 1.54) is 5.69 Å². The number of hydrogen-bond acceptors (Lipinski definition) is 6. The van der Waals surface area contributed by atoms with Crippen molar-refractivity contribution in [1.82, 2.24) is 15.1 Å². The second-order valence-electron chi connectivity index (χ2n) is 6.89. The normalized spacial score (nSPS) is 14.5. The fraction of sp³-hybridized carbons (Fsp3) is 0.227. The fourth-order valence-electron chi connectivity index (χ4n) is 3.58. The van der Waals surface area contributed by atoms with Crippen LogP contribution < -0.4 is 4.90 Å². The zero-order valence-corrected chi connectivity index (χ0v) is 15.6. The van der Waals surface area contributed by atoms with E-state index in [9.17, 15) is 0 Å². The number of rotatable bonds is 3. The van der Waals surface area contributed by atoms with Crippen molar-refractivity contribution in [3.05, 3.63) is 60.6 Å². The number of pyridine rings is 2. The molecule has 5 rings (SSSR count). The van der Waals surface area contributed by atoms with Gasteiger partial charge in [0, 0.05) is 42.3 Å². The maximum absolute atomic E-state index is 5.62. The average molecular weight is 372 g/mol. The first-order chi connectivity index (χ1) is 13.8. The van der Waals surface area contributed by atoms with Gasteiger partial charge in [-0.3, -0.25) is 4.98 Å². The highest BCUT2D eigenvalue weighted by molar-refractivity contribution is 5.93. The molecule has 1 fully saturated rings. The number of fused-ring (bicyclic) bond motifs is 1. The number of hydrogen-bond donors (Lipinski definition) is 0. The molecule has 0 aliphatic carbocycles. The molecular weight excluding hydrogens is 352 g/mol. The number of aromatic nitrogens is 3. The maximum atomic E-state index is 5.62. The summed E-state index contributed by atoms with van der Waals surface area (Å²) in [7, 11) is 0. The summed E-state index contributed by atoms with van der Waals surface area (Å²) in [5.74, 6) is 0. The van der Waals surface area contributed by atoms with E-state index in [4.69, 9.17) is 14.2 Å². The molecule has 0 saturated carbocycles. The summed E-state index contributed by atoms with van der Waals surface area (Å²) in [6.07, 6.45) is 3.58. The summed E-state index contributed by atoms with van der Waals surface area (Å²) < 4.78 is 11.1. The van der Waals surface area contributed by atoms with Crippen LogP contribution in [0.5, 0.6) is 0 Å². The van der Waals surface area contributed by atoms with Crippen molar-refractivity contribution in [2.45, 2.75) is 6.92 Å². The Morgan fingerprint density at radius 3 is 2.57 bits per heavy atom. The van der Waals surface area contributed by atoms with Crippen LogP contribution in [0.4, 0.5) is 5.69 Å². The summed E-state index contributed by atoms with van der Waals surface area (Å²) in [4.78, 5) is 11.3. The number of benzene rings is 1. The van der Waals surface area contributed by atoms with Gasteiger partial charge in [-0.1, -0.05) is 17.3 Å². The van der Waals surface area contributed by atoms with Gasteiger partial charge in [0.15, 0.2) is 5.58 Å². The molecule has 1 aliphatic rings. The Balaban J connectivity index is 1.59. The Hall–Kier alpha value is -3.25. The molecule has 0 radical (unpaired) electrons. The Morgan fingerprint density at radius 1 is 1.00 bits per heavy atom. The van der Waals surface area contributed by atoms with Gasteiger partial charge in [0.05, 0.1) is 18.9 Å². The third-order valence-corrected chi connectivity index (χ3v) is 5.10.